The van der Waals surface area contributed by atoms with E-state index < -0.39 is 0 Å². The van der Waals surface area contributed by atoms with E-state index in [9.17, 15) is 0 Å². The molecule has 0 aliphatic carbocycles. The van der Waals surface area contributed by atoms with Crippen molar-refractivity contribution in [2.24, 2.45) is 5.16 Å². The molecule has 14 heavy (non-hydrogen) atoms. The minimum atomic E-state index is 0.375. The SMILES string of the molecule is C=NOCc1ccnc2cccnc12. The number of nitrogens with zero attached hydrogens (tertiary/aromatic N) is 3. The Kier molecular flexibility index (Phi) is 2.36. The molecule has 2 aromatic rings. The number of aromatic nitrogens is 2. The van der Waals surface area contributed by atoms with Gasteiger partial charge in [0.25, 0.3) is 0 Å². The Morgan fingerprint density at radius 1 is 1.29 bits per heavy atom. The maximum Gasteiger partial charge on any atom is 0.144 e. The molecule has 0 N–H and O–H groups in total. The Morgan fingerprint density at radius 3 is 3.07 bits per heavy atom. The highest BCUT2D eigenvalue weighted by molar-refractivity contribution is 5.76. The van der Waals surface area contributed by atoms with Gasteiger partial charge in [-0.15, -0.1) is 5.16 Å². The Labute approximate surface area is 81.2 Å². The molecule has 0 atom stereocenters. The highest BCUT2D eigenvalue weighted by atomic mass is 16.6. The van der Waals surface area contributed by atoms with Crippen molar-refractivity contribution in [1.29, 1.82) is 0 Å². The van der Waals surface area contributed by atoms with Gasteiger partial charge in [0.05, 0.1) is 11.0 Å². The lowest BCUT2D eigenvalue weighted by atomic mass is 10.2. The van der Waals surface area contributed by atoms with Gasteiger partial charge >= 0.3 is 0 Å². The normalized spacial score (nSPS) is 10.0. The summed E-state index contributed by atoms with van der Waals surface area (Å²) in [6.07, 6.45) is 3.46. The lowest BCUT2D eigenvalue weighted by Crippen LogP contribution is -1.92. The van der Waals surface area contributed by atoms with Crippen LogP contribution in [0.2, 0.25) is 0 Å². The molecular formula is C10H9N3O. The van der Waals surface area contributed by atoms with Gasteiger partial charge in [0.1, 0.15) is 6.61 Å². The molecule has 2 aromatic heterocycles. The molecule has 70 valence electrons. The van der Waals surface area contributed by atoms with Gasteiger partial charge in [-0.05, 0) is 18.2 Å². The summed E-state index contributed by atoms with van der Waals surface area (Å²) in [6, 6.07) is 5.62. The summed E-state index contributed by atoms with van der Waals surface area (Å²) in [5.41, 5.74) is 2.67. The maximum absolute atomic E-state index is 4.87. The zero-order chi connectivity index (χ0) is 9.80. The monoisotopic (exact) mass is 187 g/mol. The van der Waals surface area contributed by atoms with E-state index in [1.165, 1.54) is 0 Å². The first kappa shape index (κ1) is 8.62. The minimum Gasteiger partial charge on any atom is -0.391 e. The summed E-state index contributed by atoms with van der Waals surface area (Å²) >= 11 is 0. The fourth-order valence-electron chi connectivity index (χ4n) is 1.27. The Bertz CT molecular complexity index is 451. The van der Waals surface area contributed by atoms with E-state index in [0.717, 1.165) is 16.6 Å². The summed E-state index contributed by atoms with van der Waals surface area (Å²) in [7, 11) is 0. The number of pyridine rings is 2. The highest BCUT2D eigenvalue weighted by Crippen LogP contribution is 2.13. The molecule has 0 saturated carbocycles. The number of oxime groups is 1. The summed E-state index contributed by atoms with van der Waals surface area (Å²) in [4.78, 5) is 13.3. The van der Waals surface area contributed by atoms with Crippen molar-refractivity contribution in [3.8, 4) is 0 Å². The van der Waals surface area contributed by atoms with Crippen LogP contribution in [-0.4, -0.2) is 16.7 Å². The van der Waals surface area contributed by atoms with Gasteiger partial charge in [-0.2, -0.15) is 0 Å². The maximum atomic E-state index is 4.87. The van der Waals surface area contributed by atoms with Crippen molar-refractivity contribution in [2.75, 3.05) is 0 Å². The molecule has 0 saturated heterocycles. The van der Waals surface area contributed by atoms with Crippen LogP contribution in [0, 0.1) is 0 Å². The van der Waals surface area contributed by atoms with Crippen LogP contribution < -0.4 is 0 Å². The second-order valence-corrected chi connectivity index (χ2v) is 2.74. The molecule has 4 heteroatoms. The van der Waals surface area contributed by atoms with Crippen molar-refractivity contribution in [2.45, 2.75) is 6.61 Å². The standard InChI is InChI=1S/C10H9N3O/c1-11-14-7-8-4-6-12-9-3-2-5-13-10(8)9/h2-6H,1,7H2. The topological polar surface area (TPSA) is 47.4 Å². The molecule has 2 heterocycles. The quantitative estimate of drug-likeness (QED) is 0.543. The van der Waals surface area contributed by atoms with Crippen molar-refractivity contribution in [3.63, 3.8) is 0 Å². The highest BCUT2D eigenvalue weighted by Gasteiger charge is 2.01. The van der Waals surface area contributed by atoms with E-state index in [-0.39, 0.29) is 0 Å². The van der Waals surface area contributed by atoms with Crippen LogP contribution >= 0.6 is 0 Å². The molecule has 0 amide bonds. The van der Waals surface area contributed by atoms with Crippen LogP contribution in [0.4, 0.5) is 0 Å². The van der Waals surface area contributed by atoms with Crippen LogP contribution in [0.3, 0.4) is 0 Å². The molecule has 0 spiro atoms. The third-order valence-electron chi connectivity index (χ3n) is 1.89. The number of fused-ring (bicyclic) bond motifs is 1. The fraction of sp³-hybridized carbons (Fsp3) is 0.100. The number of hydrogen-bond donors (Lipinski definition) is 0. The van der Waals surface area contributed by atoms with Crippen molar-refractivity contribution < 1.29 is 4.84 Å². The molecule has 0 bridgehead atoms. The first-order chi connectivity index (χ1) is 6.92. The predicted molar refractivity (Wildman–Crippen MR) is 53.9 cm³/mol. The molecule has 0 aliphatic heterocycles. The van der Waals surface area contributed by atoms with Crippen molar-refractivity contribution >= 4 is 17.8 Å². The Hall–Kier alpha value is -1.97. The Balaban J connectivity index is 2.48. The van der Waals surface area contributed by atoms with Crippen LogP contribution in [-0.2, 0) is 11.4 Å². The molecule has 0 aliphatic rings. The van der Waals surface area contributed by atoms with Crippen LogP contribution in [0.15, 0.2) is 35.7 Å². The molecule has 0 radical (unpaired) electrons. The third kappa shape index (κ3) is 1.54. The van der Waals surface area contributed by atoms with Gasteiger partial charge in [-0.25, -0.2) is 0 Å². The molecule has 0 fully saturated rings. The summed E-state index contributed by atoms with van der Waals surface area (Å²) < 4.78 is 0. The van der Waals surface area contributed by atoms with E-state index in [0.29, 0.717) is 6.61 Å². The lowest BCUT2D eigenvalue weighted by molar-refractivity contribution is 0.134. The second kappa shape index (κ2) is 3.83. The van der Waals surface area contributed by atoms with Crippen molar-refractivity contribution in [3.05, 3.63) is 36.2 Å². The second-order valence-electron chi connectivity index (χ2n) is 2.74. The third-order valence-corrected chi connectivity index (χ3v) is 1.89. The molecule has 0 aromatic carbocycles. The minimum absolute atomic E-state index is 0.375. The molecule has 0 unspecified atom stereocenters. The Morgan fingerprint density at radius 2 is 2.21 bits per heavy atom. The lowest BCUT2D eigenvalue weighted by Gasteiger charge is -2.02. The van der Waals surface area contributed by atoms with Gasteiger partial charge < -0.3 is 4.84 Å². The van der Waals surface area contributed by atoms with Gasteiger partial charge in [0.2, 0.25) is 0 Å². The van der Waals surface area contributed by atoms with E-state index >= 15 is 0 Å². The summed E-state index contributed by atoms with van der Waals surface area (Å²) in [6.45, 7) is 3.62. The van der Waals surface area contributed by atoms with Gasteiger partial charge in [-0.1, -0.05) is 0 Å². The summed E-state index contributed by atoms with van der Waals surface area (Å²) in [5.74, 6) is 0. The van der Waals surface area contributed by atoms with E-state index in [1.807, 2.05) is 18.2 Å². The predicted octanol–water partition coefficient (Wildman–Crippen LogP) is 1.76. The first-order valence-electron chi connectivity index (χ1n) is 4.18. The largest absolute Gasteiger partial charge is 0.391 e. The zero-order valence-corrected chi connectivity index (χ0v) is 7.55. The van der Waals surface area contributed by atoms with E-state index in [2.05, 4.69) is 21.8 Å². The molecule has 4 nitrogen and oxygen atoms in total. The fourth-order valence-corrected chi connectivity index (χ4v) is 1.27. The van der Waals surface area contributed by atoms with Gasteiger partial charge in [-0.3, -0.25) is 9.97 Å². The smallest absolute Gasteiger partial charge is 0.144 e. The van der Waals surface area contributed by atoms with Gasteiger partial charge in [0.15, 0.2) is 0 Å². The zero-order valence-electron chi connectivity index (χ0n) is 7.55. The van der Waals surface area contributed by atoms with E-state index in [4.69, 9.17) is 4.84 Å². The average molecular weight is 187 g/mol. The van der Waals surface area contributed by atoms with Crippen LogP contribution in [0.1, 0.15) is 5.56 Å². The number of rotatable bonds is 3. The summed E-state index contributed by atoms with van der Waals surface area (Å²) in [5, 5.41) is 3.34. The van der Waals surface area contributed by atoms with Crippen LogP contribution in [0.25, 0.3) is 11.0 Å². The molecular weight excluding hydrogens is 178 g/mol. The first-order valence-corrected chi connectivity index (χ1v) is 4.18. The van der Waals surface area contributed by atoms with Gasteiger partial charge in [0, 0.05) is 24.7 Å². The van der Waals surface area contributed by atoms with E-state index in [1.54, 1.807) is 12.4 Å². The molecule has 2 rings (SSSR count). The average Bonchev–Trinajstić information content (AvgIpc) is 2.26. The van der Waals surface area contributed by atoms with Crippen molar-refractivity contribution in [1.82, 2.24) is 9.97 Å². The number of hydrogen-bond acceptors (Lipinski definition) is 4. The van der Waals surface area contributed by atoms with Crippen LogP contribution in [0.5, 0.6) is 0 Å².